The van der Waals surface area contributed by atoms with E-state index in [0.29, 0.717) is 11.6 Å². The Morgan fingerprint density at radius 3 is 2.81 bits per heavy atom. The van der Waals surface area contributed by atoms with Crippen LogP contribution in [0.3, 0.4) is 0 Å². The molecule has 4 heteroatoms. The maximum Gasteiger partial charge on any atom is 0.186 e. The number of unbranched alkanes of at least 4 members (excludes halogenated alkanes) is 2. The lowest BCUT2D eigenvalue weighted by molar-refractivity contribution is 0.382. The standard InChI is InChI=1S/C12H18N4/c1-2-3-4-8-16-12(10-6-5-7-10)11(9-13)14-15-16/h10H,2-8H2,1H3. The van der Waals surface area contributed by atoms with Crippen molar-refractivity contribution in [1.82, 2.24) is 15.0 Å². The van der Waals surface area contributed by atoms with Gasteiger partial charge in [-0.25, -0.2) is 4.68 Å². The Kier molecular flexibility index (Phi) is 3.55. The van der Waals surface area contributed by atoms with Crippen LogP contribution in [0.15, 0.2) is 0 Å². The Balaban J connectivity index is 2.11. The van der Waals surface area contributed by atoms with Crippen molar-refractivity contribution < 1.29 is 0 Å². The second kappa shape index (κ2) is 5.11. The first-order valence-corrected chi connectivity index (χ1v) is 6.20. The van der Waals surface area contributed by atoms with Gasteiger partial charge in [-0.05, 0) is 19.3 Å². The quantitative estimate of drug-likeness (QED) is 0.714. The average Bonchev–Trinajstić information content (AvgIpc) is 2.60. The molecule has 1 aliphatic rings. The van der Waals surface area contributed by atoms with Crippen molar-refractivity contribution in [1.29, 1.82) is 5.26 Å². The van der Waals surface area contributed by atoms with Crippen LogP contribution in [-0.4, -0.2) is 15.0 Å². The van der Waals surface area contributed by atoms with Crippen LogP contribution in [-0.2, 0) is 6.54 Å². The Bertz CT molecular complexity index is 384. The van der Waals surface area contributed by atoms with Gasteiger partial charge in [-0.1, -0.05) is 31.4 Å². The van der Waals surface area contributed by atoms with Gasteiger partial charge in [0.15, 0.2) is 5.69 Å². The Morgan fingerprint density at radius 2 is 2.25 bits per heavy atom. The molecule has 1 heterocycles. The minimum Gasteiger partial charge on any atom is -0.248 e. The van der Waals surface area contributed by atoms with Crippen LogP contribution < -0.4 is 0 Å². The molecule has 1 fully saturated rings. The molecule has 0 amide bonds. The van der Waals surface area contributed by atoms with Gasteiger partial charge in [0.1, 0.15) is 6.07 Å². The molecule has 0 N–H and O–H groups in total. The molecule has 4 nitrogen and oxygen atoms in total. The zero-order valence-electron chi connectivity index (χ0n) is 9.82. The molecule has 0 aliphatic heterocycles. The van der Waals surface area contributed by atoms with E-state index in [2.05, 4.69) is 23.3 Å². The third kappa shape index (κ3) is 2.08. The van der Waals surface area contributed by atoms with Gasteiger partial charge in [0.05, 0.1) is 5.69 Å². The van der Waals surface area contributed by atoms with Crippen molar-refractivity contribution in [3.05, 3.63) is 11.4 Å². The third-order valence-electron chi connectivity index (χ3n) is 3.34. The summed E-state index contributed by atoms with van der Waals surface area (Å²) in [6.45, 7) is 3.10. The summed E-state index contributed by atoms with van der Waals surface area (Å²) in [7, 11) is 0. The molecule has 0 radical (unpaired) electrons. The van der Waals surface area contributed by atoms with Crippen molar-refractivity contribution in [2.45, 2.75) is 57.9 Å². The van der Waals surface area contributed by atoms with Crippen LogP contribution in [0.4, 0.5) is 0 Å². The highest BCUT2D eigenvalue weighted by Gasteiger charge is 2.27. The summed E-state index contributed by atoms with van der Waals surface area (Å²) in [6, 6.07) is 2.16. The molecule has 0 aromatic carbocycles. The SMILES string of the molecule is CCCCCn1nnc(C#N)c1C1CCC1. The fourth-order valence-corrected chi connectivity index (χ4v) is 2.16. The summed E-state index contributed by atoms with van der Waals surface area (Å²) in [6.07, 6.45) is 7.20. The summed E-state index contributed by atoms with van der Waals surface area (Å²) in [4.78, 5) is 0. The van der Waals surface area contributed by atoms with Gasteiger partial charge >= 0.3 is 0 Å². The van der Waals surface area contributed by atoms with E-state index in [4.69, 9.17) is 5.26 Å². The summed E-state index contributed by atoms with van der Waals surface area (Å²) < 4.78 is 1.96. The lowest BCUT2D eigenvalue weighted by Crippen LogP contribution is -2.16. The van der Waals surface area contributed by atoms with Crippen LogP contribution in [0.2, 0.25) is 0 Å². The van der Waals surface area contributed by atoms with E-state index in [1.807, 2.05) is 4.68 Å². The maximum atomic E-state index is 9.01. The molecule has 1 aliphatic carbocycles. The molecule has 0 spiro atoms. The van der Waals surface area contributed by atoms with Gasteiger partial charge in [0, 0.05) is 12.5 Å². The highest BCUT2D eigenvalue weighted by atomic mass is 15.4. The molecule has 16 heavy (non-hydrogen) atoms. The van der Waals surface area contributed by atoms with Gasteiger partial charge in [0.25, 0.3) is 0 Å². The second-order valence-corrected chi connectivity index (χ2v) is 4.49. The average molecular weight is 218 g/mol. The molecule has 0 atom stereocenters. The highest BCUT2D eigenvalue weighted by molar-refractivity contribution is 5.28. The van der Waals surface area contributed by atoms with Crippen molar-refractivity contribution in [3.63, 3.8) is 0 Å². The van der Waals surface area contributed by atoms with Gasteiger partial charge in [-0.15, -0.1) is 5.10 Å². The summed E-state index contributed by atoms with van der Waals surface area (Å²) in [5.74, 6) is 0.534. The molecular formula is C12H18N4. The largest absolute Gasteiger partial charge is 0.248 e. The van der Waals surface area contributed by atoms with Crippen LogP contribution >= 0.6 is 0 Å². The number of rotatable bonds is 5. The summed E-state index contributed by atoms with van der Waals surface area (Å²) in [5, 5.41) is 17.1. The van der Waals surface area contributed by atoms with Crippen LogP contribution in [0.1, 0.15) is 62.8 Å². The van der Waals surface area contributed by atoms with Crippen molar-refractivity contribution in [2.75, 3.05) is 0 Å². The first-order valence-electron chi connectivity index (χ1n) is 6.20. The van der Waals surface area contributed by atoms with Crippen molar-refractivity contribution >= 4 is 0 Å². The van der Waals surface area contributed by atoms with Gasteiger partial charge in [0.2, 0.25) is 0 Å². The predicted octanol–water partition coefficient (Wildman–Crippen LogP) is 2.61. The minimum atomic E-state index is 0.534. The van der Waals surface area contributed by atoms with E-state index >= 15 is 0 Å². The second-order valence-electron chi connectivity index (χ2n) is 4.49. The number of hydrogen-bond acceptors (Lipinski definition) is 3. The Labute approximate surface area is 96.3 Å². The van der Waals surface area contributed by atoms with E-state index in [0.717, 1.165) is 18.7 Å². The Hall–Kier alpha value is -1.37. The van der Waals surface area contributed by atoms with Crippen LogP contribution in [0.25, 0.3) is 0 Å². The molecule has 86 valence electrons. The topological polar surface area (TPSA) is 54.5 Å². The third-order valence-corrected chi connectivity index (χ3v) is 3.34. The maximum absolute atomic E-state index is 9.01. The van der Waals surface area contributed by atoms with Gasteiger partial charge in [-0.3, -0.25) is 0 Å². The molecule has 1 aromatic rings. The summed E-state index contributed by atoms with van der Waals surface area (Å²) in [5.41, 5.74) is 1.63. The smallest absolute Gasteiger partial charge is 0.186 e. The zero-order chi connectivity index (χ0) is 11.4. The van der Waals surface area contributed by atoms with Gasteiger partial charge < -0.3 is 0 Å². The normalized spacial score (nSPS) is 15.8. The molecular weight excluding hydrogens is 200 g/mol. The lowest BCUT2D eigenvalue weighted by atomic mass is 9.82. The molecule has 0 bridgehead atoms. The first kappa shape index (κ1) is 11.1. The van der Waals surface area contributed by atoms with E-state index in [1.54, 1.807) is 0 Å². The molecule has 0 saturated heterocycles. The van der Waals surface area contributed by atoms with Crippen LogP contribution in [0.5, 0.6) is 0 Å². The number of hydrogen-bond donors (Lipinski definition) is 0. The summed E-state index contributed by atoms with van der Waals surface area (Å²) >= 11 is 0. The molecule has 1 saturated carbocycles. The van der Waals surface area contributed by atoms with Crippen molar-refractivity contribution in [2.24, 2.45) is 0 Å². The zero-order valence-corrected chi connectivity index (χ0v) is 9.82. The molecule has 0 unspecified atom stereocenters. The van der Waals surface area contributed by atoms with Crippen molar-refractivity contribution in [3.8, 4) is 6.07 Å². The van der Waals surface area contributed by atoms with Gasteiger partial charge in [-0.2, -0.15) is 5.26 Å². The fraction of sp³-hybridized carbons (Fsp3) is 0.750. The Morgan fingerprint density at radius 1 is 1.44 bits per heavy atom. The fourth-order valence-electron chi connectivity index (χ4n) is 2.16. The lowest BCUT2D eigenvalue weighted by Gasteiger charge is -2.25. The monoisotopic (exact) mass is 218 g/mol. The van der Waals surface area contributed by atoms with Crippen LogP contribution in [0, 0.1) is 11.3 Å². The number of nitriles is 1. The molecule has 2 rings (SSSR count). The number of aromatic nitrogens is 3. The number of nitrogens with zero attached hydrogens (tertiary/aromatic N) is 4. The van der Waals surface area contributed by atoms with E-state index in [1.165, 1.54) is 32.1 Å². The van der Waals surface area contributed by atoms with E-state index < -0.39 is 0 Å². The van der Waals surface area contributed by atoms with E-state index in [-0.39, 0.29) is 0 Å². The highest BCUT2D eigenvalue weighted by Crippen LogP contribution is 2.37. The van der Waals surface area contributed by atoms with E-state index in [9.17, 15) is 0 Å². The first-order chi connectivity index (χ1) is 7.86. The predicted molar refractivity (Wildman–Crippen MR) is 60.9 cm³/mol. The number of aryl methyl sites for hydroxylation is 1. The molecule has 1 aromatic heterocycles. The minimum absolute atomic E-state index is 0.534.